The maximum Gasteiger partial charge on any atom is 0.331 e. The lowest BCUT2D eigenvalue weighted by atomic mass is 10.1. The fraction of sp³-hybridized carbons (Fsp3) is 0.421. The van der Waals surface area contributed by atoms with Crippen LogP contribution < -0.4 is 10.1 Å². The highest BCUT2D eigenvalue weighted by molar-refractivity contribution is 6.30. The number of carbonyl (C=O) groups excluding carboxylic acids is 3. The molecular weight excluding hydrogens is 320 g/mol. The van der Waals surface area contributed by atoms with E-state index in [2.05, 4.69) is 12.2 Å². The van der Waals surface area contributed by atoms with Gasteiger partial charge < -0.3 is 4.74 Å². The minimum atomic E-state index is -0.713. The summed E-state index contributed by atoms with van der Waals surface area (Å²) in [7, 11) is 1.33. The first-order chi connectivity index (χ1) is 12.0. The lowest BCUT2D eigenvalue weighted by molar-refractivity contribution is -0.129. The predicted molar refractivity (Wildman–Crippen MR) is 95.0 cm³/mol. The summed E-state index contributed by atoms with van der Waals surface area (Å²) in [6.45, 7) is 2.87. The molecule has 2 rings (SSSR count). The Kier molecular flexibility index (Phi) is 6.74. The number of unbranched alkanes of at least 4 members (excludes halogenated alkanes) is 4. The molecule has 6 heteroatoms. The van der Waals surface area contributed by atoms with Gasteiger partial charge in [0.25, 0.3) is 11.8 Å². The van der Waals surface area contributed by atoms with Gasteiger partial charge in [-0.3, -0.25) is 19.8 Å². The van der Waals surface area contributed by atoms with Crippen molar-refractivity contribution in [3.05, 3.63) is 35.4 Å². The van der Waals surface area contributed by atoms with E-state index in [0.29, 0.717) is 12.2 Å². The number of amides is 4. The van der Waals surface area contributed by atoms with Crippen LogP contribution in [-0.4, -0.2) is 36.4 Å². The SMILES string of the molecule is CCCCCCCOc1ccc(/C=C2/C(=O)NC(=O)N(C)C2=O)cc1. The van der Waals surface area contributed by atoms with E-state index in [9.17, 15) is 14.4 Å². The zero-order valence-electron chi connectivity index (χ0n) is 14.7. The number of imide groups is 2. The third-order valence-corrected chi connectivity index (χ3v) is 4.01. The number of benzene rings is 1. The lowest BCUT2D eigenvalue weighted by Gasteiger charge is -2.22. The maximum atomic E-state index is 12.0. The van der Waals surface area contributed by atoms with E-state index >= 15 is 0 Å². The number of urea groups is 1. The van der Waals surface area contributed by atoms with E-state index in [1.54, 1.807) is 24.3 Å². The quantitative estimate of drug-likeness (QED) is 0.447. The van der Waals surface area contributed by atoms with Crippen molar-refractivity contribution in [1.29, 1.82) is 0 Å². The number of carbonyl (C=O) groups is 3. The van der Waals surface area contributed by atoms with Crippen LogP contribution in [0.5, 0.6) is 5.75 Å². The average Bonchev–Trinajstić information content (AvgIpc) is 2.61. The number of ether oxygens (including phenoxy) is 1. The molecule has 0 bridgehead atoms. The van der Waals surface area contributed by atoms with Crippen LogP contribution in [0.2, 0.25) is 0 Å². The molecule has 4 amide bonds. The molecule has 1 fully saturated rings. The number of nitrogens with zero attached hydrogens (tertiary/aromatic N) is 1. The smallest absolute Gasteiger partial charge is 0.331 e. The Morgan fingerprint density at radius 3 is 2.40 bits per heavy atom. The number of hydrogen-bond donors (Lipinski definition) is 1. The number of hydrogen-bond acceptors (Lipinski definition) is 4. The summed E-state index contributed by atoms with van der Waals surface area (Å²) in [5, 5.41) is 2.12. The molecule has 1 N–H and O–H groups in total. The van der Waals surface area contributed by atoms with Gasteiger partial charge in [0.05, 0.1) is 6.61 Å². The second kappa shape index (κ2) is 9.01. The van der Waals surface area contributed by atoms with Gasteiger partial charge in [-0.1, -0.05) is 44.7 Å². The van der Waals surface area contributed by atoms with Crippen molar-refractivity contribution in [2.75, 3.05) is 13.7 Å². The molecule has 1 aliphatic heterocycles. The van der Waals surface area contributed by atoms with Crippen molar-refractivity contribution >= 4 is 23.9 Å². The molecule has 0 unspecified atom stereocenters. The minimum Gasteiger partial charge on any atom is -0.494 e. The molecule has 0 atom stereocenters. The molecule has 0 spiro atoms. The molecule has 1 aromatic rings. The fourth-order valence-electron chi connectivity index (χ4n) is 2.47. The van der Waals surface area contributed by atoms with Crippen LogP contribution >= 0.6 is 0 Å². The van der Waals surface area contributed by atoms with Crippen LogP contribution in [0.1, 0.15) is 44.6 Å². The van der Waals surface area contributed by atoms with Crippen molar-refractivity contribution in [2.24, 2.45) is 0 Å². The van der Waals surface area contributed by atoms with Crippen molar-refractivity contribution in [1.82, 2.24) is 10.2 Å². The second-order valence-corrected chi connectivity index (χ2v) is 6.01. The van der Waals surface area contributed by atoms with Gasteiger partial charge in [-0.05, 0) is 30.2 Å². The summed E-state index contributed by atoms with van der Waals surface area (Å²) in [5.41, 5.74) is 0.628. The van der Waals surface area contributed by atoms with Crippen molar-refractivity contribution in [2.45, 2.75) is 39.0 Å². The highest BCUT2D eigenvalue weighted by Gasteiger charge is 2.32. The minimum absolute atomic E-state index is 0.0632. The Balaban J connectivity index is 1.92. The predicted octanol–water partition coefficient (Wildman–Crippen LogP) is 3.13. The third kappa shape index (κ3) is 5.17. The average molecular weight is 344 g/mol. The van der Waals surface area contributed by atoms with Gasteiger partial charge in [-0.2, -0.15) is 0 Å². The number of likely N-dealkylation sites (N-methyl/N-ethyl adjacent to an activating group) is 1. The molecule has 25 heavy (non-hydrogen) atoms. The molecule has 0 aliphatic carbocycles. The molecule has 0 aromatic heterocycles. The van der Waals surface area contributed by atoms with Crippen molar-refractivity contribution in [3.63, 3.8) is 0 Å². The summed E-state index contributed by atoms with van der Waals surface area (Å²) in [5.74, 6) is -0.536. The van der Waals surface area contributed by atoms with Crippen LogP contribution in [0.3, 0.4) is 0 Å². The van der Waals surface area contributed by atoms with E-state index in [1.807, 2.05) is 0 Å². The number of barbiturate groups is 1. The molecular formula is C19H24N2O4. The normalized spacial score (nSPS) is 16.3. The summed E-state index contributed by atoms with van der Waals surface area (Å²) in [6.07, 6.45) is 7.38. The molecule has 1 saturated heterocycles. The largest absolute Gasteiger partial charge is 0.494 e. The molecule has 0 radical (unpaired) electrons. The standard InChI is InChI=1S/C19H24N2O4/c1-3-4-5-6-7-12-25-15-10-8-14(9-11-15)13-16-17(22)20-19(24)21(2)18(16)23/h8-11,13H,3-7,12H2,1-2H3,(H,20,22,24)/b16-13-. The van der Waals surface area contributed by atoms with Gasteiger partial charge in [0.1, 0.15) is 11.3 Å². The molecule has 0 saturated carbocycles. The zero-order valence-corrected chi connectivity index (χ0v) is 14.7. The molecule has 134 valence electrons. The van der Waals surface area contributed by atoms with Crippen LogP contribution in [0, 0.1) is 0 Å². The fourth-order valence-corrected chi connectivity index (χ4v) is 2.47. The van der Waals surface area contributed by atoms with E-state index in [1.165, 1.54) is 38.8 Å². The number of nitrogens with one attached hydrogen (secondary N) is 1. The third-order valence-electron chi connectivity index (χ3n) is 4.01. The zero-order chi connectivity index (χ0) is 18.2. The van der Waals surface area contributed by atoms with Gasteiger partial charge in [-0.15, -0.1) is 0 Å². The summed E-state index contributed by atoms with van der Waals surface area (Å²) in [4.78, 5) is 36.1. The molecule has 1 aromatic carbocycles. The van der Waals surface area contributed by atoms with Gasteiger partial charge in [-0.25, -0.2) is 4.79 Å². The first-order valence-corrected chi connectivity index (χ1v) is 8.61. The monoisotopic (exact) mass is 344 g/mol. The Bertz CT molecular complexity index is 665. The van der Waals surface area contributed by atoms with E-state index < -0.39 is 17.8 Å². The van der Waals surface area contributed by atoms with Gasteiger partial charge >= 0.3 is 6.03 Å². The highest BCUT2D eigenvalue weighted by atomic mass is 16.5. The maximum absolute atomic E-state index is 12.0. The van der Waals surface area contributed by atoms with Crippen LogP contribution in [0.15, 0.2) is 29.8 Å². The Labute approximate surface area is 147 Å². The van der Waals surface area contributed by atoms with Crippen LogP contribution in [-0.2, 0) is 9.59 Å². The van der Waals surface area contributed by atoms with E-state index in [4.69, 9.17) is 4.74 Å². The summed E-state index contributed by atoms with van der Waals surface area (Å²) >= 11 is 0. The molecule has 1 heterocycles. The first kappa shape index (κ1) is 18.7. The molecule has 6 nitrogen and oxygen atoms in total. The van der Waals surface area contributed by atoms with Crippen LogP contribution in [0.25, 0.3) is 6.08 Å². The molecule has 1 aliphatic rings. The number of rotatable bonds is 8. The van der Waals surface area contributed by atoms with Crippen molar-refractivity contribution < 1.29 is 19.1 Å². The second-order valence-electron chi connectivity index (χ2n) is 6.01. The lowest BCUT2D eigenvalue weighted by Crippen LogP contribution is -2.52. The first-order valence-electron chi connectivity index (χ1n) is 8.61. The summed E-state index contributed by atoms with van der Waals surface area (Å²) in [6, 6.07) is 6.44. The van der Waals surface area contributed by atoms with E-state index in [-0.39, 0.29) is 5.57 Å². The van der Waals surface area contributed by atoms with Crippen molar-refractivity contribution in [3.8, 4) is 5.75 Å². The van der Waals surface area contributed by atoms with Crippen LogP contribution in [0.4, 0.5) is 4.79 Å². The van der Waals surface area contributed by atoms with Gasteiger partial charge in [0.15, 0.2) is 0 Å². The Morgan fingerprint density at radius 1 is 1.04 bits per heavy atom. The topological polar surface area (TPSA) is 75.7 Å². The van der Waals surface area contributed by atoms with E-state index in [0.717, 1.165) is 17.1 Å². The Hall–Kier alpha value is -2.63. The van der Waals surface area contributed by atoms with Gasteiger partial charge in [0.2, 0.25) is 0 Å². The Morgan fingerprint density at radius 2 is 1.72 bits per heavy atom. The summed E-state index contributed by atoms with van der Waals surface area (Å²) < 4.78 is 5.68. The van der Waals surface area contributed by atoms with Gasteiger partial charge in [0, 0.05) is 7.05 Å². The highest BCUT2D eigenvalue weighted by Crippen LogP contribution is 2.17.